The van der Waals surface area contributed by atoms with Gasteiger partial charge in [0.1, 0.15) is 5.75 Å². The first-order valence-electron chi connectivity index (χ1n) is 8.34. The van der Waals surface area contributed by atoms with Crippen molar-refractivity contribution in [1.82, 2.24) is 4.31 Å². The van der Waals surface area contributed by atoms with Crippen molar-refractivity contribution < 1.29 is 18.3 Å². The van der Waals surface area contributed by atoms with Crippen LogP contribution in [0.15, 0.2) is 41.3 Å². The van der Waals surface area contributed by atoms with E-state index >= 15 is 0 Å². The van der Waals surface area contributed by atoms with Gasteiger partial charge in [0.05, 0.1) is 17.0 Å². The number of phenolic OH excluding ortho intramolecular Hbond substituents is 1. The van der Waals surface area contributed by atoms with Crippen LogP contribution in [0.2, 0.25) is 10.0 Å². The van der Waals surface area contributed by atoms with E-state index in [0.29, 0.717) is 28.7 Å². The summed E-state index contributed by atoms with van der Waals surface area (Å²) in [6, 6.07) is 8.65. The van der Waals surface area contributed by atoms with E-state index in [1.807, 2.05) is 0 Å². The summed E-state index contributed by atoms with van der Waals surface area (Å²) < 4.78 is 26.7. The highest BCUT2D eigenvalue weighted by Gasteiger charge is 2.28. The lowest BCUT2D eigenvalue weighted by atomic mass is 10.1. The number of rotatable bonds is 5. The van der Waals surface area contributed by atoms with E-state index in [9.17, 15) is 18.3 Å². The molecule has 1 aliphatic rings. The van der Waals surface area contributed by atoms with Crippen molar-refractivity contribution in [2.75, 3.05) is 18.4 Å². The Morgan fingerprint density at radius 3 is 2.48 bits per heavy atom. The van der Waals surface area contributed by atoms with Crippen LogP contribution in [0.1, 0.15) is 18.4 Å². The second-order valence-corrected chi connectivity index (χ2v) is 9.03. The van der Waals surface area contributed by atoms with Gasteiger partial charge < -0.3 is 10.4 Å². The number of halogens is 2. The predicted molar refractivity (Wildman–Crippen MR) is 105 cm³/mol. The van der Waals surface area contributed by atoms with Crippen molar-refractivity contribution >= 4 is 44.8 Å². The highest BCUT2D eigenvalue weighted by Crippen LogP contribution is 2.30. The quantitative estimate of drug-likeness (QED) is 0.711. The summed E-state index contributed by atoms with van der Waals surface area (Å²) in [4.78, 5) is 12.3. The van der Waals surface area contributed by atoms with Crippen molar-refractivity contribution in [2.24, 2.45) is 0 Å². The van der Waals surface area contributed by atoms with E-state index in [1.165, 1.54) is 28.6 Å². The fourth-order valence-corrected chi connectivity index (χ4v) is 4.90. The van der Waals surface area contributed by atoms with Crippen LogP contribution in [0.3, 0.4) is 0 Å². The second-order valence-electron chi connectivity index (χ2n) is 6.25. The molecule has 1 heterocycles. The first-order valence-corrected chi connectivity index (χ1v) is 10.5. The van der Waals surface area contributed by atoms with Gasteiger partial charge >= 0.3 is 0 Å². The van der Waals surface area contributed by atoms with E-state index < -0.39 is 15.9 Å². The molecule has 0 bridgehead atoms. The summed E-state index contributed by atoms with van der Waals surface area (Å²) in [6.07, 6.45) is 1.60. The van der Waals surface area contributed by atoms with E-state index in [4.69, 9.17) is 23.2 Å². The number of anilines is 1. The van der Waals surface area contributed by atoms with Crippen LogP contribution in [0.5, 0.6) is 5.75 Å². The lowest BCUT2D eigenvalue weighted by molar-refractivity contribution is -0.115. The molecular formula is C18H18Cl2N2O4S. The maximum atomic E-state index is 12.7. The van der Waals surface area contributed by atoms with Crippen LogP contribution < -0.4 is 5.32 Å². The molecule has 27 heavy (non-hydrogen) atoms. The molecule has 2 aromatic rings. The minimum atomic E-state index is -3.65. The van der Waals surface area contributed by atoms with Crippen molar-refractivity contribution in [1.29, 1.82) is 0 Å². The first-order chi connectivity index (χ1) is 12.8. The molecular weight excluding hydrogens is 411 g/mol. The lowest BCUT2D eigenvalue weighted by Gasteiger charge is -2.17. The van der Waals surface area contributed by atoms with Gasteiger partial charge in [0, 0.05) is 23.1 Å². The smallest absolute Gasteiger partial charge is 0.243 e. The second kappa shape index (κ2) is 8.06. The van der Waals surface area contributed by atoms with Gasteiger partial charge in [0.25, 0.3) is 0 Å². The molecule has 0 unspecified atom stereocenters. The molecule has 1 amide bonds. The normalized spacial score (nSPS) is 15.0. The van der Waals surface area contributed by atoms with Gasteiger partial charge in [-0.05, 0) is 48.7 Å². The molecule has 0 saturated carbocycles. The van der Waals surface area contributed by atoms with Crippen LogP contribution in [-0.2, 0) is 21.2 Å². The van der Waals surface area contributed by atoms with Gasteiger partial charge in [-0.1, -0.05) is 29.3 Å². The molecule has 3 rings (SSSR count). The third-order valence-corrected chi connectivity index (χ3v) is 6.79. The number of hydrogen-bond acceptors (Lipinski definition) is 4. The Morgan fingerprint density at radius 2 is 1.81 bits per heavy atom. The average Bonchev–Trinajstić information content (AvgIpc) is 3.15. The number of nitrogens with one attached hydrogen (secondary N) is 1. The Hall–Kier alpha value is -1.80. The Bertz CT molecular complexity index is 973. The number of sulfonamides is 1. The van der Waals surface area contributed by atoms with Crippen LogP contribution >= 0.6 is 23.2 Å². The van der Waals surface area contributed by atoms with Crippen LogP contribution in [-0.4, -0.2) is 36.8 Å². The number of aromatic hydroxyl groups is 1. The molecule has 2 N–H and O–H groups in total. The number of phenols is 1. The Labute approximate surface area is 167 Å². The van der Waals surface area contributed by atoms with Crippen molar-refractivity contribution in [3.63, 3.8) is 0 Å². The monoisotopic (exact) mass is 428 g/mol. The molecule has 1 saturated heterocycles. The third kappa shape index (κ3) is 4.55. The lowest BCUT2D eigenvalue weighted by Crippen LogP contribution is -2.28. The molecule has 0 radical (unpaired) electrons. The Morgan fingerprint density at radius 1 is 1.11 bits per heavy atom. The highest BCUT2D eigenvalue weighted by molar-refractivity contribution is 7.89. The number of benzene rings is 2. The van der Waals surface area contributed by atoms with Gasteiger partial charge in [-0.15, -0.1) is 0 Å². The molecule has 144 valence electrons. The zero-order valence-electron chi connectivity index (χ0n) is 14.3. The minimum absolute atomic E-state index is 0.0297. The van der Waals surface area contributed by atoms with E-state index in [2.05, 4.69) is 5.32 Å². The average molecular weight is 429 g/mol. The Balaban J connectivity index is 1.79. The molecule has 0 spiro atoms. The SMILES string of the molecule is O=C(Cc1ccc(Cl)cc1Cl)Nc1cc(S(=O)(=O)N2CCCC2)ccc1O. The fraction of sp³-hybridized carbons (Fsp3) is 0.278. The standard InChI is InChI=1S/C18H18Cl2N2O4S/c19-13-4-3-12(15(20)10-13)9-18(24)21-16-11-14(5-6-17(16)23)27(25,26)22-7-1-2-8-22/h3-6,10-11,23H,1-2,7-9H2,(H,21,24). The zero-order valence-corrected chi connectivity index (χ0v) is 16.6. The van der Waals surface area contributed by atoms with Crippen molar-refractivity contribution in [3.8, 4) is 5.75 Å². The maximum absolute atomic E-state index is 12.7. The summed E-state index contributed by atoms with van der Waals surface area (Å²) in [5.74, 6) is -0.656. The summed E-state index contributed by atoms with van der Waals surface area (Å²) in [5, 5.41) is 13.4. The van der Waals surface area contributed by atoms with E-state index in [1.54, 1.807) is 12.1 Å². The zero-order chi connectivity index (χ0) is 19.6. The highest BCUT2D eigenvalue weighted by atomic mass is 35.5. The van der Waals surface area contributed by atoms with Gasteiger partial charge in [0.15, 0.2) is 0 Å². The van der Waals surface area contributed by atoms with Crippen LogP contribution in [0, 0.1) is 0 Å². The van der Waals surface area contributed by atoms with Gasteiger partial charge in [-0.25, -0.2) is 8.42 Å². The summed E-state index contributed by atoms with van der Waals surface area (Å²) in [5.41, 5.74) is 0.601. The van der Waals surface area contributed by atoms with Crippen molar-refractivity contribution in [3.05, 3.63) is 52.0 Å². The van der Waals surface area contributed by atoms with Gasteiger partial charge in [0.2, 0.25) is 15.9 Å². The number of carbonyl (C=O) groups is 1. The van der Waals surface area contributed by atoms with Crippen molar-refractivity contribution in [2.45, 2.75) is 24.2 Å². The van der Waals surface area contributed by atoms with Crippen LogP contribution in [0.4, 0.5) is 5.69 Å². The number of amides is 1. The fourth-order valence-electron chi connectivity index (χ4n) is 2.89. The number of hydrogen-bond donors (Lipinski definition) is 2. The molecule has 9 heteroatoms. The van der Waals surface area contributed by atoms with E-state index in [0.717, 1.165) is 12.8 Å². The Kier molecular flexibility index (Phi) is 5.95. The molecule has 6 nitrogen and oxygen atoms in total. The first kappa shape index (κ1) is 19.9. The molecule has 0 aromatic heterocycles. The van der Waals surface area contributed by atoms with Gasteiger partial charge in [-0.3, -0.25) is 4.79 Å². The summed E-state index contributed by atoms with van der Waals surface area (Å²) in [7, 11) is -3.65. The largest absolute Gasteiger partial charge is 0.506 e. The van der Waals surface area contributed by atoms with Gasteiger partial charge in [-0.2, -0.15) is 4.31 Å². The topological polar surface area (TPSA) is 86.7 Å². The maximum Gasteiger partial charge on any atom is 0.243 e. The summed E-state index contributed by atoms with van der Waals surface area (Å²) >= 11 is 11.9. The molecule has 0 aliphatic carbocycles. The van der Waals surface area contributed by atoms with Crippen LogP contribution in [0.25, 0.3) is 0 Å². The minimum Gasteiger partial charge on any atom is -0.506 e. The number of nitrogens with zero attached hydrogens (tertiary/aromatic N) is 1. The van der Waals surface area contributed by atoms with E-state index in [-0.39, 0.29) is 22.8 Å². The molecule has 0 atom stereocenters. The predicted octanol–water partition coefficient (Wildman–Crippen LogP) is 3.66. The summed E-state index contributed by atoms with van der Waals surface area (Å²) in [6.45, 7) is 0.944. The molecule has 2 aromatic carbocycles. The molecule has 1 fully saturated rings. The molecule has 1 aliphatic heterocycles. The third-order valence-electron chi connectivity index (χ3n) is 4.31. The number of carbonyl (C=O) groups excluding carboxylic acids is 1.